The zero-order chi connectivity index (χ0) is 31.1. The van der Waals surface area contributed by atoms with Crippen molar-refractivity contribution in [2.75, 3.05) is 33.5 Å². The van der Waals surface area contributed by atoms with Crippen molar-refractivity contribution in [1.82, 2.24) is 29.3 Å². The van der Waals surface area contributed by atoms with Gasteiger partial charge in [0.05, 0.1) is 18.3 Å². The number of nitrogens with one attached hydrogen (secondary N) is 2. The van der Waals surface area contributed by atoms with Crippen molar-refractivity contribution in [1.29, 1.82) is 0 Å². The number of nitrogens with zero attached hydrogens (tertiary/aromatic N) is 5. The Morgan fingerprint density at radius 3 is 2.52 bits per heavy atom. The number of imidazole rings is 1. The molecule has 0 bridgehead atoms. The number of carbonyl (C=O) groups excluding carboxylic acids is 3. The first-order valence-electron chi connectivity index (χ1n) is 13.6. The van der Waals surface area contributed by atoms with Crippen molar-refractivity contribution < 1.29 is 23.5 Å². The van der Waals surface area contributed by atoms with Crippen molar-refractivity contribution in [3.8, 4) is 0 Å². The maximum Gasteiger partial charge on any atom is 0.410 e. The average molecular weight is 584 g/mol. The summed E-state index contributed by atoms with van der Waals surface area (Å²) in [5.74, 6) is -0.721. The summed E-state index contributed by atoms with van der Waals surface area (Å²) in [6.07, 6.45) is 3.02. The highest BCUT2D eigenvalue weighted by Crippen LogP contribution is 2.21. The fourth-order valence-electron chi connectivity index (χ4n) is 4.09. The van der Waals surface area contributed by atoms with E-state index in [0.717, 1.165) is 6.20 Å². The molecule has 1 atom stereocenters. The minimum absolute atomic E-state index is 0.0180. The maximum atomic E-state index is 14.5. The number of ether oxygens (including phenoxy) is 1. The van der Waals surface area contributed by atoms with Crippen molar-refractivity contribution in [2.24, 2.45) is 5.92 Å². The monoisotopic (exact) mass is 583 g/mol. The van der Waals surface area contributed by atoms with E-state index in [4.69, 9.17) is 4.74 Å². The quantitative estimate of drug-likeness (QED) is 0.330. The van der Waals surface area contributed by atoms with Crippen LogP contribution in [-0.4, -0.2) is 81.5 Å². The summed E-state index contributed by atoms with van der Waals surface area (Å²) in [7, 11) is 6.20. The third-order valence-corrected chi connectivity index (χ3v) is 6.39. The predicted octanol–water partition coefficient (Wildman–Crippen LogP) is 3.24. The lowest BCUT2D eigenvalue weighted by molar-refractivity contribution is -0.125. The Kier molecular flexibility index (Phi) is 10.6. The number of halogens is 1. The Morgan fingerprint density at radius 1 is 1.17 bits per heavy atom. The van der Waals surface area contributed by atoms with E-state index in [1.165, 1.54) is 40.6 Å². The Bertz CT molecular complexity index is 1540. The van der Waals surface area contributed by atoms with E-state index in [1.54, 1.807) is 33.2 Å². The van der Waals surface area contributed by atoms with E-state index < -0.39 is 29.5 Å². The predicted molar refractivity (Wildman–Crippen MR) is 157 cm³/mol. The van der Waals surface area contributed by atoms with Crippen LogP contribution in [0.2, 0.25) is 0 Å². The highest BCUT2D eigenvalue weighted by molar-refractivity contribution is 5.95. The molecule has 0 saturated carbocycles. The molecule has 0 unspecified atom stereocenters. The maximum absolute atomic E-state index is 14.5. The molecule has 2 N–H and O–H groups in total. The number of hydrogen-bond acceptors (Lipinski definition) is 7. The summed E-state index contributed by atoms with van der Waals surface area (Å²) < 4.78 is 21.3. The van der Waals surface area contributed by atoms with Crippen LogP contribution in [0.25, 0.3) is 11.2 Å². The van der Waals surface area contributed by atoms with Gasteiger partial charge in [0.2, 0.25) is 5.91 Å². The van der Waals surface area contributed by atoms with Gasteiger partial charge in [-0.2, -0.15) is 0 Å². The Morgan fingerprint density at radius 2 is 1.88 bits per heavy atom. The minimum Gasteiger partial charge on any atom is -0.436 e. The third kappa shape index (κ3) is 8.02. The van der Waals surface area contributed by atoms with Crippen LogP contribution in [0.4, 0.5) is 14.9 Å². The zero-order valence-corrected chi connectivity index (χ0v) is 25.0. The summed E-state index contributed by atoms with van der Waals surface area (Å²) >= 11 is 0. The molecule has 3 aromatic rings. The van der Waals surface area contributed by atoms with Crippen LogP contribution >= 0.6 is 0 Å². The molecule has 13 heteroatoms. The molecule has 0 aliphatic rings. The number of aromatic amines is 1. The van der Waals surface area contributed by atoms with E-state index >= 15 is 0 Å². The van der Waals surface area contributed by atoms with Gasteiger partial charge in [-0.1, -0.05) is 19.9 Å². The lowest BCUT2D eigenvalue weighted by atomic mass is 10.0. The Balaban J connectivity index is 1.84. The molecule has 0 spiro atoms. The molecular weight excluding hydrogens is 545 g/mol. The van der Waals surface area contributed by atoms with E-state index in [-0.39, 0.29) is 36.9 Å². The highest BCUT2D eigenvalue weighted by atomic mass is 19.1. The zero-order valence-electron chi connectivity index (χ0n) is 25.0. The number of likely N-dealkylation sites (N-methyl/N-ethyl adjacent to an activating group) is 1. The first-order chi connectivity index (χ1) is 19.8. The molecule has 226 valence electrons. The molecule has 3 heterocycles. The summed E-state index contributed by atoms with van der Waals surface area (Å²) in [5.41, 5.74) is 1.41. The van der Waals surface area contributed by atoms with Crippen LogP contribution < -0.4 is 10.9 Å². The normalized spacial score (nSPS) is 12.1. The minimum atomic E-state index is -1.22. The average Bonchev–Trinajstić information content (AvgIpc) is 3.34. The van der Waals surface area contributed by atoms with Gasteiger partial charge in [0.25, 0.3) is 11.5 Å². The van der Waals surface area contributed by atoms with Crippen molar-refractivity contribution >= 4 is 34.8 Å². The standard InChI is InChI=1S/C29H38FN7O5/c1-17(2)14-19-20(30)15-31-26-25(19)33-23(34-26)16-37-18(3)12-13-21(28(37)40)32-27(39)22(42-29(41)36(6)7)10-8-9-11-24(38)35(4)5/h9,11-13,15,17,22H,8,10,14,16H2,1-7H3,(H,32,39)(H,31,33,34)/b11-9+/t22-/m0/s1. The van der Waals surface area contributed by atoms with Crippen LogP contribution in [0.3, 0.4) is 0 Å². The second kappa shape index (κ2) is 13.9. The van der Waals surface area contributed by atoms with Crippen LogP contribution in [0.15, 0.2) is 35.3 Å². The van der Waals surface area contributed by atoms with Gasteiger partial charge in [-0.3, -0.25) is 14.4 Å². The number of hydrogen-bond donors (Lipinski definition) is 2. The number of allylic oxidation sites excluding steroid dienone is 1. The first-order valence-corrected chi connectivity index (χ1v) is 13.6. The largest absolute Gasteiger partial charge is 0.436 e. The van der Waals surface area contributed by atoms with Gasteiger partial charge in [0.1, 0.15) is 17.3 Å². The van der Waals surface area contributed by atoms with Gasteiger partial charge < -0.3 is 29.4 Å². The molecule has 12 nitrogen and oxygen atoms in total. The molecule has 3 rings (SSSR count). The number of H-pyrrole nitrogens is 1. The molecule has 0 fully saturated rings. The van der Waals surface area contributed by atoms with Crippen molar-refractivity contribution in [2.45, 2.75) is 52.7 Å². The number of carbonyl (C=O) groups is 3. The number of pyridine rings is 2. The number of amides is 3. The SMILES string of the molecule is Cc1ccc(NC(=O)[C@H](CC/C=C/C(=O)N(C)C)OC(=O)N(C)C)c(=O)n1Cc1nc2ncc(F)c(CC(C)C)c2[nH]1. The van der Waals surface area contributed by atoms with Crippen LogP contribution in [0, 0.1) is 18.7 Å². The molecule has 0 aliphatic heterocycles. The van der Waals surface area contributed by atoms with Gasteiger partial charge >= 0.3 is 6.09 Å². The second-order valence-electron chi connectivity index (χ2n) is 10.8. The van der Waals surface area contributed by atoms with Gasteiger partial charge in [-0.05, 0) is 50.3 Å². The van der Waals surface area contributed by atoms with Gasteiger partial charge in [-0.15, -0.1) is 0 Å². The fraction of sp³-hybridized carbons (Fsp3) is 0.448. The highest BCUT2D eigenvalue weighted by Gasteiger charge is 2.25. The Hall–Kier alpha value is -4.55. The molecule has 3 aromatic heterocycles. The molecule has 0 aromatic carbocycles. The van der Waals surface area contributed by atoms with E-state index in [9.17, 15) is 23.6 Å². The molecule has 3 amide bonds. The van der Waals surface area contributed by atoms with Crippen LogP contribution in [0.1, 0.15) is 43.8 Å². The van der Waals surface area contributed by atoms with E-state index in [0.29, 0.717) is 34.7 Å². The molecule has 0 radical (unpaired) electrons. The molecule has 0 saturated heterocycles. The summed E-state index contributed by atoms with van der Waals surface area (Å²) in [4.78, 5) is 64.9. The summed E-state index contributed by atoms with van der Waals surface area (Å²) in [6, 6.07) is 3.14. The lowest BCUT2D eigenvalue weighted by Gasteiger charge is -2.20. The molecule has 0 aliphatic carbocycles. The van der Waals surface area contributed by atoms with Gasteiger partial charge in [-0.25, -0.2) is 19.2 Å². The second-order valence-corrected chi connectivity index (χ2v) is 10.8. The summed E-state index contributed by atoms with van der Waals surface area (Å²) in [5, 5.41) is 2.58. The number of fused-ring (bicyclic) bond motifs is 1. The van der Waals surface area contributed by atoms with E-state index in [1.807, 2.05) is 13.8 Å². The van der Waals surface area contributed by atoms with Gasteiger partial charge in [0, 0.05) is 39.4 Å². The first kappa shape index (κ1) is 32.0. The van der Waals surface area contributed by atoms with Crippen LogP contribution in [0.5, 0.6) is 0 Å². The summed E-state index contributed by atoms with van der Waals surface area (Å²) in [6.45, 7) is 5.74. The number of anilines is 1. The van der Waals surface area contributed by atoms with Gasteiger partial charge in [0.15, 0.2) is 11.8 Å². The van der Waals surface area contributed by atoms with Crippen molar-refractivity contribution in [3.05, 3.63) is 63.7 Å². The molecule has 42 heavy (non-hydrogen) atoms. The number of rotatable bonds is 11. The van der Waals surface area contributed by atoms with Crippen molar-refractivity contribution in [3.63, 3.8) is 0 Å². The number of aromatic nitrogens is 4. The third-order valence-electron chi connectivity index (χ3n) is 6.39. The van der Waals surface area contributed by atoms with E-state index in [2.05, 4.69) is 20.3 Å². The molecular formula is C29H38FN7O5. The smallest absolute Gasteiger partial charge is 0.410 e. The van der Waals surface area contributed by atoms with Crippen LogP contribution in [-0.2, 0) is 27.3 Å². The number of aryl methyl sites for hydroxylation is 1. The fourth-order valence-corrected chi connectivity index (χ4v) is 4.09. The Labute approximate surface area is 243 Å². The topological polar surface area (TPSA) is 143 Å². The lowest BCUT2D eigenvalue weighted by Crippen LogP contribution is -2.38.